The number of amides is 2. The van der Waals surface area contributed by atoms with E-state index in [2.05, 4.69) is 42.8 Å². The van der Waals surface area contributed by atoms with Gasteiger partial charge in [-0.05, 0) is 49.4 Å². The lowest BCUT2D eigenvalue weighted by atomic mass is 9.97. The summed E-state index contributed by atoms with van der Waals surface area (Å²) in [6, 6.07) is 16.1. The van der Waals surface area contributed by atoms with Crippen molar-refractivity contribution in [3.8, 4) is 0 Å². The Hall–Kier alpha value is -3.12. The van der Waals surface area contributed by atoms with E-state index in [9.17, 15) is 9.59 Å². The number of carbonyl (C=O) groups is 2. The van der Waals surface area contributed by atoms with Crippen molar-refractivity contribution in [1.82, 2.24) is 20.7 Å². The van der Waals surface area contributed by atoms with E-state index in [1.807, 2.05) is 48.5 Å². The van der Waals surface area contributed by atoms with Gasteiger partial charge in [-0.1, -0.05) is 48.5 Å². The maximum atomic E-state index is 13.0. The fourth-order valence-electron chi connectivity index (χ4n) is 4.18. The van der Waals surface area contributed by atoms with Gasteiger partial charge in [0.2, 0.25) is 5.91 Å². The van der Waals surface area contributed by atoms with Gasteiger partial charge < -0.3 is 15.2 Å². The molecule has 2 heterocycles. The third-order valence-electron chi connectivity index (χ3n) is 6.27. The molecular weight excluding hydrogens is 388 g/mol. The molecule has 0 bridgehead atoms. The molecule has 31 heavy (non-hydrogen) atoms. The van der Waals surface area contributed by atoms with Crippen molar-refractivity contribution in [2.45, 2.75) is 51.7 Å². The van der Waals surface area contributed by atoms with E-state index in [-0.39, 0.29) is 36.4 Å². The quantitative estimate of drug-likeness (QED) is 0.754. The Balaban J connectivity index is 1.32. The summed E-state index contributed by atoms with van der Waals surface area (Å²) < 4.78 is 0. The van der Waals surface area contributed by atoms with Gasteiger partial charge in [0.15, 0.2) is 0 Å². The average molecular weight is 419 g/mol. The number of fused-ring (bicyclic) bond motifs is 1. The second-order valence-electron chi connectivity index (χ2n) is 8.46. The molecule has 0 aliphatic carbocycles. The van der Waals surface area contributed by atoms with E-state index in [4.69, 9.17) is 0 Å². The van der Waals surface area contributed by atoms with Crippen LogP contribution in [-0.2, 0) is 9.59 Å². The van der Waals surface area contributed by atoms with E-state index in [0.717, 1.165) is 5.56 Å². The molecule has 1 saturated heterocycles. The number of hydrazine groups is 1. The van der Waals surface area contributed by atoms with Crippen molar-refractivity contribution >= 4 is 11.8 Å². The van der Waals surface area contributed by atoms with E-state index >= 15 is 0 Å². The maximum absolute atomic E-state index is 13.0. The summed E-state index contributed by atoms with van der Waals surface area (Å²) in [7, 11) is 0. The summed E-state index contributed by atoms with van der Waals surface area (Å²) >= 11 is 0. The van der Waals surface area contributed by atoms with Gasteiger partial charge in [-0.2, -0.15) is 0 Å². The molecule has 2 N–H and O–H groups in total. The van der Waals surface area contributed by atoms with Crippen LogP contribution in [0.5, 0.6) is 0 Å². The molecule has 3 atom stereocenters. The molecule has 0 saturated carbocycles. The van der Waals surface area contributed by atoms with Crippen molar-refractivity contribution in [1.29, 1.82) is 0 Å². The number of benzene rings is 2. The second kappa shape index (κ2) is 8.94. The van der Waals surface area contributed by atoms with Crippen LogP contribution in [0.3, 0.4) is 0 Å². The second-order valence-corrected chi connectivity index (χ2v) is 8.46. The summed E-state index contributed by atoms with van der Waals surface area (Å²) in [4.78, 5) is 27.1. The average Bonchev–Trinajstić information content (AvgIpc) is 3.21. The molecule has 2 aromatic carbocycles. The SMILES string of the molecule is Cc1ccc(C2CC3C(=O)N(CCC(=O)NC(C)c4ccccc4)C=CN3N2)cc1C. The standard InChI is InChI=1S/C25H30N4O2/c1-17-9-10-21(15-18(17)2)22-16-23-25(31)28(13-14-29(23)27-22)12-11-24(30)26-19(3)20-7-5-4-6-8-20/h4-10,13-15,19,22-23,27H,11-12,16H2,1-3H3,(H,26,30). The van der Waals surface area contributed by atoms with E-state index in [1.54, 1.807) is 11.1 Å². The highest BCUT2D eigenvalue weighted by Crippen LogP contribution is 2.31. The van der Waals surface area contributed by atoms with Gasteiger partial charge in [-0.3, -0.25) is 9.59 Å². The van der Waals surface area contributed by atoms with Crippen LogP contribution in [-0.4, -0.2) is 34.3 Å². The van der Waals surface area contributed by atoms with E-state index in [0.29, 0.717) is 13.0 Å². The predicted molar refractivity (Wildman–Crippen MR) is 121 cm³/mol. The minimum absolute atomic E-state index is 0.0326. The Kier molecular flexibility index (Phi) is 6.09. The van der Waals surface area contributed by atoms with Crippen LogP contribution < -0.4 is 10.7 Å². The fourth-order valence-corrected chi connectivity index (χ4v) is 4.18. The molecule has 6 heteroatoms. The van der Waals surface area contributed by atoms with Crippen LogP contribution in [0.15, 0.2) is 60.9 Å². The molecule has 1 fully saturated rings. The topological polar surface area (TPSA) is 64.7 Å². The lowest BCUT2D eigenvalue weighted by Gasteiger charge is -2.31. The summed E-state index contributed by atoms with van der Waals surface area (Å²) in [5.41, 5.74) is 8.21. The molecule has 0 aromatic heterocycles. The molecule has 0 radical (unpaired) electrons. The Morgan fingerprint density at radius 1 is 1.13 bits per heavy atom. The molecule has 3 unspecified atom stereocenters. The van der Waals surface area contributed by atoms with Crippen LogP contribution in [0.25, 0.3) is 0 Å². The number of rotatable bonds is 6. The first-order valence-electron chi connectivity index (χ1n) is 10.9. The molecule has 6 nitrogen and oxygen atoms in total. The van der Waals surface area contributed by atoms with Gasteiger partial charge in [0, 0.05) is 25.4 Å². The Labute approximate surface area is 183 Å². The van der Waals surface area contributed by atoms with Crippen molar-refractivity contribution in [3.63, 3.8) is 0 Å². The van der Waals surface area contributed by atoms with Gasteiger partial charge in [0.25, 0.3) is 5.91 Å². The number of nitrogens with one attached hydrogen (secondary N) is 2. The highest BCUT2D eigenvalue weighted by molar-refractivity contribution is 5.85. The van der Waals surface area contributed by atoms with Crippen molar-refractivity contribution in [2.24, 2.45) is 0 Å². The van der Waals surface area contributed by atoms with Crippen LogP contribution >= 0.6 is 0 Å². The molecule has 2 amide bonds. The minimum Gasteiger partial charge on any atom is -0.350 e. The van der Waals surface area contributed by atoms with Crippen molar-refractivity contribution in [2.75, 3.05) is 6.54 Å². The van der Waals surface area contributed by atoms with Crippen molar-refractivity contribution in [3.05, 3.63) is 83.2 Å². The smallest absolute Gasteiger partial charge is 0.250 e. The lowest BCUT2D eigenvalue weighted by molar-refractivity contribution is -0.134. The third kappa shape index (κ3) is 4.64. The number of aryl methyl sites for hydroxylation is 2. The number of hydrogen-bond donors (Lipinski definition) is 2. The summed E-state index contributed by atoms with van der Waals surface area (Å²) in [6.45, 7) is 6.55. The fraction of sp³-hybridized carbons (Fsp3) is 0.360. The van der Waals surface area contributed by atoms with Crippen LogP contribution in [0, 0.1) is 13.8 Å². The van der Waals surface area contributed by atoms with Gasteiger partial charge in [0.05, 0.1) is 12.1 Å². The van der Waals surface area contributed by atoms with E-state index in [1.165, 1.54) is 16.7 Å². The molecule has 2 aliphatic heterocycles. The zero-order valence-corrected chi connectivity index (χ0v) is 18.3. The molecule has 162 valence electrons. The largest absolute Gasteiger partial charge is 0.350 e. The first-order valence-corrected chi connectivity index (χ1v) is 10.9. The van der Waals surface area contributed by atoms with Crippen LogP contribution in [0.1, 0.15) is 54.1 Å². The zero-order valence-electron chi connectivity index (χ0n) is 18.3. The summed E-state index contributed by atoms with van der Waals surface area (Å²) in [5.74, 6) is -0.0252. The van der Waals surface area contributed by atoms with Gasteiger partial charge in [-0.15, -0.1) is 0 Å². The zero-order chi connectivity index (χ0) is 22.0. The summed E-state index contributed by atoms with van der Waals surface area (Å²) in [6.07, 6.45) is 4.65. The molecule has 2 aromatic rings. The molecular formula is C25H30N4O2. The number of nitrogens with zero attached hydrogens (tertiary/aromatic N) is 2. The normalized spacial score (nSPS) is 21.2. The van der Waals surface area contributed by atoms with Crippen LogP contribution in [0.4, 0.5) is 0 Å². The highest BCUT2D eigenvalue weighted by atomic mass is 16.2. The minimum atomic E-state index is -0.247. The van der Waals surface area contributed by atoms with Crippen molar-refractivity contribution < 1.29 is 9.59 Å². The third-order valence-corrected chi connectivity index (χ3v) is 6.27. The number of hydrogen-bond acceptors (Lipinski definition) is 4. The van der Waals surface area contributed by atoms with Crippen LogP contribution in [0.2, 0.25) is 0 Å². The maximum Gasteiger partial charge on any atom is 0.250 e. The highest BCUT2D eigenvalue weighted by Gasteiger charge is 2.39. The lowest BCUT2D eigenvalue weighted by Crippen LogP contribution is -2.48. The summed E-state index contributed by atoms with van der Waals surface area (Å²) in [5, 5.41) is 4.91. The molecule has 4 rings (SSSR count). The Bertz CT molecular complexity index is 988. The number of carbonyl (C=O) groups excluding carboxylic acids is 2. The Morgan fingerprint density at radius 2 is 1.90 bits per heavy atom. The van der Waals surface area contributed by atoms with Gasteiger partial charge >= 0.3 is 0 Å². The monoisotopic (exact) mass is 418 g/mol. The molecule has 2 aliphatic rings. The molecule has 0 spiro atoms. The predicted octanol–water partition coefficient (Wildman–Crippen LogP) is 3.50. The Morgan fingerprint density at radius 3 is 2.65 bits per heavy atom. The first-order chi connectivity index (χ1) is 14.9. The first kappa shape index (κ1) is 21.1. The van der Waals surface area contributed by atoms with E-state index < -0.39 is 0 Å². The van der Waals surface area contributed by atoms with Gasteiger partial charge in [-0.25, -0.2) is 5.43 Å². The van der Waals surface area contributed by atoms with Gasteiger partial charge in [0.1, 0.15) is 6.04 Å².